The van der Waals surface area contributed by atoms with E-state index in [2.05, 4.69) is 27.2 Å². The smallest absolute Gasteiger partial charge is 0.133 e. The quantitative estimate of drug-likeness (QED) is 0.233. The minimum Gasteiger partial charge on any atom is -0.314 e. The minimum atomic E-state index is -0.740. The average Bonchev–Trinajstić information content (AvgIpc) is 2.43. The van der Waals surface area contributed by atoms with E-state index in [-0.39, 0.29) is 0 Å². The molecular weight excluding hydrogens is 297 g/mol. The Bertz CT molecular complexity index is 297. The molecule has 0 saturated carbocycles. The normalized spacial score (nSPS) is 29.1. The lowest BCUT2D eigenvalue weighted by Crippen LogP contribution is -2.49. The van der Waals surface area contributed by atoms with Gasteiger partial charge in [0, 0.05) is 65.3 Å². The molecular formula is C13H25Cl2N5. The van der Waals surface area contributed by atoms with Gasteiger partial charge < -0.3 is 21.3 Å². The van der Waals surface area contributed by atoms with Crippen LogP contribution in [0.1, 0.15) is 6.42 Å². The summed E-state index contributed by atoms with van der Waals surface area (Å²) in [6, 6.07) is 0. The minimum absolute atomic E-state index is 0.403. The highest BCUT2D eigenvalue weighted by molar-refractivity contribution is 6.28. The Labute approximate surface area is 132 Å². The van der Waals surface area contributed by atoms with Crippen LogP contribution in [0.3, 0.4) is 0 Å². The Morgan fingerprint density at radius 2 is 1.45 bits per heavy atom. The number of nitrogens with one attached hydrogen (secondary N) is 4. The van der Waals surface area contributed by atoms with Crippen LogP contribution < -0.4 is 21.3 Å². The molecule has 1 fully saturated rings. The summed E-state index contributed by atoms with van der Waals surface area (Å²) in [6.45, 7) is 7.50. The molecule has 20 heavy (non-hydrogen) atoms. The van der Waals surface area contributed by atoms with Gasteiger partial charge in [0.1, 0.15) is 5.00 Å². The molecule has 116 valence electrons. The number of alkyl halides is 1. The van der Waals surface area contributed by atoms with Crippen LogP contribution in [0.15, 0.2) is 0 Å². The van der Waals surface area contributed by atoms with Crippen LogP contribution in [0.25, 0.3) is 0 Å². The van der Waals surface area contributed by atoms with Crippen molar-refractivity contribution in [3.63, 3.8) is 0 Å². The zero-order valence-corrected chi connectivity index (χ0v) is 13.4. The van der Waals surface area contributed by atoms with Crippen molar-refractivity contribution >= 4 is 23.4 Å². The van der Waals surface area contributed by atoms with E-state index in [1.807, 2.05) is 0 Å². The molecule has 1 atom stereocenters. The molecule has 0 bridgehead atoms. The maximum Gasteiger partial charge on any atom is 0.133 e. The van der Waals surface area contributed by atoms with Crippen molar-refractivity contribution in [3.05, 3.63) is 0 Å². The Balaban J connectivity index is 2.49. The van der Waals surface area contributed by atoms with E-state index in [0.29, 0.717) is 19.5 Å². The molecule has 1 rings (SSSR count). The zero-order valence-electron chi connectivity index (χ0n) is 11.9. The van der Waals surface area contributed by atoms with Gasteiger partial charge in [0.15, 0.2) is 0 Å². The molecule has 0 aromatic rings. The fraction of sp³-hybridized carbons (Fsp3) is 0.846. The lowest BCUT2D eigenvalue weighted by atomic mass is 10.2. The summed E-state index contributed by atoms with van der Waals surface area (Å²) in [5.41, 5.74) is 0. The molecule has 1 heterocycles. The second-order valence-electron chi connectivity index (χ2n) is 4.81. The fourth-order valence-corrected chi connectivity index (χ4v) is 2.41. The van der Waals surface area contributed by atoms with Crippen molar-refractivity contribution < 1.29 is 0 Å². The molecule has 5 nitrogen and oxygen atoms in total. The standard InChI is InChI=1S/C13H25Cl2N5/c1-2-3-13(14)12-19-9-8-17-5-4-16-6-7-18-10-11-20(13)15/h1,16-19H,3-12H2. The predicted octanol–water partition coefficient (Wildman–Crippen LogP) is -0.227. The molecule has 0 amide bonds. The monoisotopic (exact) mass is 321 g/mol. The number of rotatable bonds is 1. The Kier molecular flexibility index (Phi) is 9.57. The van der Waals surface area contributed by atoms with Gasteiger partial charge in [0.25, 0.3) is 0 Å². The first kappa shape index (κ1) is 18.0. The van der Waals surface area contributed by atoms with Gasteiger partial charge in [-0.15, -0.1) is 12.3 Å². The number of halogens is 2. The van der Waals surface area contributed by atoms with Gasteiger partial charge in [-0.25, -0.2) is 0 Å². The molecule has 0 spiro atoms. The van der Waals surface area contributed by atoms with Crippen molar-refractivity contribution in [3.8, 4) is 12.3 Å². The highest BCUT2D eigenvalue weighted by atomic mass is 35.5. The fourth-order valence-electron chi connectivity index (χ4n) is 1.95. The van der Waals surface area contributed by atoms with Gasteiger partial charge in [0.05, 0.1) is 0 Å². The summed E-state index contributed by atoms with van der Waals surface area (Å²) < 4.78 is 1.61. The largest absolute Gasteiger partial charge is 0.314 e. The van der Waals surface area contributed by atoms with E-state index in [9.17, 15) is 0 Å². The molecule has 0 aromatic heterocycles. The third-order valence-electron chi connectivity index (χ3n) is 3.12. The third kappa shape index (κ3) is 7.09. The summed E-state index contributed by atoms with van der Waals surface area (Å²) in [7, 11) is 0. The van der Waals surface area contributed by atoms with Crippen molar-refractivity contribution in [2.75, 3.05) is 58.9 Å². The van der Waals surface area contributed by atoms with Crippen LogP contribution in [0.2, 0.25) is 0 Å². The van der Waals surface area contributed by atoms with Crippen LogP contribution in [0, 0.1) is 12.3 Å². The van der Waals surface area contributed by atoms with Crippen molar-refractivity contribution in [1.29, 1.82) is 0 Å². The summed E-state index contributed by atoms with van der Waals surface area (Å²) in [5, 5.41) is 13.3. The maximum atomic E-state index is 6.56. The number of terminal acetylenes is 1. The van der Waals surface area contributed by atoms with Crippen LogP contribution >= 0.6 is 23.4 Å². The number of nitrogens with zero attached hydrogens (tertiary/aromatic N) is 1. The van der Waals surface area contributed by atoms with Gasteiger partial charge in [-0.05, 0) is 11.8 Å². The van der Waals surface area contributed by atoms with E-state index in [0.717, 1.165) is 45.8 Å². The first-order chi connectivity index (χ1) is 9.69. The van der Waals surface area contributed by atoms with Gasteiger partial charge >= 0.3 is 0 Å². The molecule has 0 radical (unpaired) electrons. The maximum absolute atomic E-state index is 6.56. The topological polar surface area (TPSA) is 51.4 Å². The SMILES string of the molecule is C#CCC1(Cl)CNCCNCCNCCNCCN1Cl. The van der Waals surface area contributed by atoms with Gasteiger partial charge in [-0.2, -0.15) is 4.42 Å². The second kappa shape index (κ2) is 10.6. The van der Waals surface area contributed by atoms with Crippen LogP contribution in [-0.2, 0) is 0 Å². The van der Waals surface area contributed by atoms with Gasteiger partial charge in [0.2, 0.25) is 0 Å². The molecule has 1 saturated heterocycles. The summed E-state index contributed by atoms with van der Waals surface area (Å²) in [4.78, 5) is -0.740. The van der Waals surface area contributed by atoms with E-state index in [4.69, 9.17) is 29.8 Å². The number of hydrogen-bond donors (Lipinski definition) is 4. The lowest BCUT2D eigenvalue weighted by molar-refractivity contribution is 0.284. The Morgan fingerprint density at radius 1 is 0.950 bits per heavy atom. The molecule has 0 aliphatic carbocycles. The summed E-state index contributed by atoms with van der Waals surface area (Å²) in [6.07, 6.45) is 5.81. The van der Waals surface area contributed by atoms with E-state index in [1.165, 1.54) is 0 Å². The van der Waals surface area contributed by atoms with Crippen molar-refractivity contribution in [1.82, 2.24) is 25.7 Å². The first-order valence-electron chi connectivity index (χ1n) is 7.08. The summed E-state index contributed by atoms with van der Waals surface area (Å²) >= 11 is 12.9. The Morgan fingerprint density at radius 3 is 2.00 bits per heavy atom. The highest BCUT2D eigenvalue weighted by Gasteiger charge is 2.32. The highest BCUT2D eigenvalue weighted by Crippen LogP contribution is 2.25. The number of hydrogen-bond acceptors (Lipinski definition) is 5. The first-order valence-corrected chi connectivity index (χ1v) is 7.79. The molecule has 7 heteroatoms. The molecule has 1 aliphatic heterocycles. The molecule has 1 unspecified atom stereocenters. The average molecular weight is 322 g/mol. The third-order valence-corrected chi connectivity index (χ3v) is 4.17. The molecule has 0 aromatic carbocycles. The second-order valence-corrected chi connectivity index (χ2v) is 5.92. The van der Waals surface area contributed by atoms with E-state index < -0.39 is 5.00 Å². The lowest BCUT2D eigenvalue weighted by Gasteiger charge is -2.33. The molecule has 4 N–H and O–H groups in total. The van der Waals surface area contributed by atoms with Gasteiger partial charge in [-0.3, -0.25) is 0 Å². The van der Waals surface area contributed by atoms with E-state index in [1.54, 1.807) is 4.42 Å². The van der Waals surface area contributed by atoms with Crippen molar-refractivity contribution in [2.45, 2.75) is 11.4 Å². The Hall–Kier alpha value is -0.0600. The van der Waals surface area contributed by atoms with E-state index >= 15 is 0 Å². The molecule has 1 aliphatic rings. The summed E-state index contributed by atoms with van der Waals surface area (Å²) in [5.74, 6) is 2.61. The van der Waals surface area contributed by atoms with Crippen LogP contribution in [0.4, 0.5) is 0 Å². The van der Waals surface area contributed by atoms with Crippen LogP contribution in [0.5, 0.6) is 0 Å². The van der Waals surface area contributed by atoms with Crippen molar-refractivity contribution in [2.24, 2.45) is 0 Å². The zero-order chi connectivity index (χ0) is 14.7. The van der Waals surface area contributed by atoms with Crippen LogP contribution in [-0.4, -0.2) is 68.3 Å². The van der Waals surface area contributed by atoms with Gasteiger partial charge in [-0.1, -0.05) is 11.6 Å². The predicted molar refractivity (Wildman–Crippen MR) is 86.1 cm³/mol.